The molecule has 0 atom stereocenters. The Morgan fingerprint density at radius 2 is 2.25 bits per heavy atom. The van der Waals surface area contributed by atoms with Gasteiger partial charge in [0.1, 0.15) is 0 Å². The van der Waals surface area contributed by atoms with E-state index in [1.165, 1.54) is 10.3 Å². The quantitative estimate of drug-likeness (QED) is 0.712. The molecule has 0 unspecified atom stereocenters. The fraction of sp³-hybridized carbons (Fsp3) is 0.333. The van der Waals surface area contributed by atoms with E-state index < -0.39 is 0 Å². The predicted octanol–water partition coefficient (Wildman–Crippen LogP) is 4.36. The number of fused-ring (bicyclic) bond motifs is 1. The second-order valence-electron chi connectivity index (χ2n) is 5.19. The number of hydrogen-bond donors (Lipinski definition) is 1. The number of rotatable bonds is 5. The van der Waals surface area contributed by atoms with Crippen molar-refractivity contribution in [2.45, 2.75) is 25.2 Å². The molecule has 104 valence electrons. The average Bonchev–Trinajstić information content (AvgIpc) is 3.07. The van der Waals surface area contributed by atoms with Crippen molar-refractivity contribution >= 4 is 34.0 Å². The Bertz CT molecular complexity index is 686. The highest BCUT2D eigenvalue weighted by molar-refractivity contribution is 7.99. The Balaban J connectivity index is 1.87. The van der Waals surface area contributed by atoms with E-state index in [2.05, 4.69) is 47.2 Å². The summed E-state index contributed by atoms with van der Waals surface area (Å²) in [5.41, 5.74) is 2.19. The van der Waals surface area contributed by atoms with Crippen molar-refractivity contribution in [1.82, 2.24) is 15.2 Å². The van der Waals surface area contributed by atoms with E-state index in [-0.39, 0.29) is 0 Å². The molecule has 3 rings (SSSR count). The summed E-state index contributed by atoms with van der Waals surface area (Å²) < 4.78 is 0. The van der Waals surface area contributed by atoms with Gasteiger partial charge in [-0.1, -0.05) is 13.8 Å². The molecule has 0 bridgehead atoms. The second kappa shape index (κ2) is 5.97. The summed E-state index contributed by atoms with van der Waals surface area (Å²) >= 11 is 3.59. The Hall–Kier alpha value is -1.33. The van der Waals surface area contributed by atoms with Gasteiger partial charge in [0.25, 0.3) is 0 Å². The largest absolute Gasteiger partial charge is 0.281 e. The molecule has 3 nitrogen and oxygen atoms in total. The zero-order valence-electron chi connectivity index (χ0n) is 11.6. The lowest BCUT2D eigenvalue weighted by Gasteiger charge is -2.04. The van der Waals surface area contributed by atoms with Crippen molar-refractivity contribution in [3.05, 3.63) is 40.5 Å². The molecular weight excluding hydrogens is 286 g/mol. The van der Waals surface area contributed by atoms with Crippen LogP contribution in [0.1, 0.15) is 24.5 Å². The summed E-state index contributed by atoms with van der Waals surface area (Å²) in [6, 6.07) is 6.50. The monoisotopic (exact) mass is 303 g/mol. The van der Waals surface area contributed by atoms with Crippen LogP contribution in [0.4, 0.5) is 0 Å². The van der Waals surface area contributed by atoms with Gasteiger partial charge in [0.05, 0.1) is 10.5 Å². The van der Waals surface area contributed by atoms with Crippen LogP contribution in [0.5, 0.6) is 0 Å². The maximum Gasteiger partial charge on any atom is 0.0984 e. The maximum atomic E-state index is 4.38. The molecule has 5 heteroatoms. The van der Waals surface area contributed by atoms with E-state index >= 15 is 0 Å². The first-order valence-corrected chi connectivity index (χ1v) is 8.57. The Kier molecular flexibility index (Phi) is 4.08. The molecule has 0 aliphatic carbocycles. The topological polar surface area (TPSA) is 41.6 Å². The van der Waals surface area contributed by atoms with Crippen LogP contribution in [0, 0.1) is 5.92 Å². The van der Waals surface area contributed by atoms with Gasteiger partial charge >= 0.3 is 0 Å². The number of nitrogens with zero attached hydrogens (tertiary/aromatic N) is 2. The summed E-state index contributed by atoms with van der Waals surface area (Å²) in [6.45, 7) is 4.49. The van der Waals surface area contributed by atoms with E-state index in [4.69, 9.17) is 0 Å². The normalized spacial score (nSPS) is 11.6. The Morgan fingerprint density at radius 3 is 3.00 bits per heavy atom. The van der Waals surface area contributed by atoms with Gasteiger partial charge in [-0.05, 0) is 24.1 Å². The van der Waals surface area contributed by atoms with E-state index in [1.54, 1.807) is 11.3 Å². The molecule has 0 radical (unpaired) electrons. The van der Waals surface area contributed by atoms with Crippen molar-refractivity contribution in [1.29, 1.82) is 0 Å². The molecule has 0 saturated carbocycles. The molecule has 2 heterocycles. The van der Waals surface area contributed by atoms with Crippen LogP contribution in [-0.2, 0) is 6.42 Å². The number of nitrogens with one attached hydrogen (secondary N) is 1. The van der Waals surface area contributed by atoms with Crippen molar-refractivity contribution in [3.63, 3.8) is 0 Å². The predicted molar refractivity (Wildman–Crippen MR) is 86.6 cm³/mol. The summed E-state index contributed by atoms with van der Waals surface area (Å²) in [5, 5.41) is 11.9. The van der Waals surface area contributed by atoms with E-state index in [1.807, 2.05) is 23.3 Å². The van der Waals surface area contributed by atoms with Gasteiger partial charge in [0.2, 0.25) is 0 Å². The highest BCUT2D eigenvalue weighted by Crippen LogP contribution is 2.27. The summed E-state index contributed by atoms with van der Waals surface area (Å²) in [4.78, 5) is 5.66. The van der Waals surface area contributed by atoms with Gasteiger partial charge in [-0.15, -0.1) is 23.1 Å². The fourth-order valence-corrected chi connectivity index (χ4v) is 3.54. The zero-order valence-corrected chi connectivity index (χ0v) is 13.2. The molecule has 0 aliphatic heterocycles. The smallest absolute Gasteiger partial charge is 0.0984 e. The van der Waals surface area contributed by atoms with Gasteiger partial charge in [-0.3, -0.25) is 5.10 Å². The number of aromatic nitrogens is 3. The third kappa shape index (κ3) is 3.04. The van der Waals surface area contributed by atoms with Crippen molar-refractivity contribution in [2.24, 2.45) is 5.92 Å². The van der Waals surface area contributed by atoms with Gasteiger partial charge < -0.3 is 0 Å². The minimum atomic E-state index is 0.704. The third-order valence-corrected chi connectivity index (χ3v) is 5.20. The highest BCUT2D eigenvalue weighted by atomic mass is 32.2. The lowest BCUT2D eigenvalue weighted by Crippen LogP contribution is -1.90. The number of thiazole rings is 1. The van der Waals surface area contributed by atoms with Crippen molar-refractivity contribution in [2.75, 3.05) is 5.75 Å². The number of aromatic amines is 1. The molecule has 0 saturated heterocycles. The maximum absolute atomic E-state index is 4.38. The van der Waals surface area contributed by atoms with Crippen LogP contribution in [0.15, 0.2) is 34.7 Å². The first-order chi connectivity index (χ1) is 9.72. The van der Waals surface area contributed by atoms with Crippen LogP contribution in [0.25, 0.3) is 10.9 Å². The number of H-pyrrole nitrogens is 1. The molecule has 1 aromatic carbocycles. The standard InChI is InChI=1S/C15H17N3S2/c1-10(2)9-20-11-3-4-13-12(7-11)14(18-17-13)8-15-16-5-6-19-15/h3-7,10H,8-9H2,1-2H3,(H,17,18). The van der Waals surface area contributed by atoms with Gasteiger partial charge in [-0.25, -0.2) is 4.98 Å². The third-order valence-electron chi connectivity index (χ3n) is 3.00. The molecule has 20 heavy (non-hydrogen) atoms. The lowest BCUT2D eigenvalue weighted by atomic mass is 10.2. The van der Waals surface area contributed by atoms with Crippen LogP contribution in [0.3, 0.4) is 0 Å². The number of hydrogen-bond acceptors (Lipinski definition) is 4. The Labute approximate surface area is 126 Å². The van der Waals surface area contributed by atoms with E-state index in [0.29, 0.717) is 5.92 Å². The molecule has 0 amide bonds. The van der Waals surface area contributed by atoms with Gasteiger partial charge in [0.15, 0.2) is 0 Å². The molecule has 0 fully saturated rings. The first kappa shape index (κ1) is 13.6. The summed E-state index contributed by atoms with van der Waals surface area (Å²) in [7, 11) is 0. The number of thioether (sulfide) groups is 1. The lowest BCUT2D eigenvalue weighted by molar-refractivity contribution is 0.750. The molecule has 0 spiro atoms. The molecule has 2 aromatic heterocycles. The van der Waals surface area contributed by atoms with E-state index in [9.17, 15) is 0 Å². The number of benzene rings is 1. The molecular formula is C15H17N3S2. The second-order valence-corrected chi connectivity index (χ2v) is 7.26. The van der Waals surface area contributed by atoms with Crippen LogP contribution in [-0.4, -0.2) is 20.9 Å². The minimum Gasteiger partial charge on any atom is -0.281 e. The zero-order chi connectivity index (χ0) is 13.9. The minimum absolute atomic E-state index is 0.704. The van der Waals surface area contributed by atoms with Gasteiger partial charge in [0, 0.05) is 39.7 Å². The average molecular weight is 303 g/mol. The summed E-state index contributed by atoms with van der Waals surface area (Å²) in [5.74, 6) is 1.85. The van der Waals surface area contributed by atoms with Crippen molar-refractivity contribution < 1.29 is 0 Å². The molecule has 0 aliphatic rings. The SMILES string of the molecule is CC(C)CSc1ccc2n[nH]c(Cc3nccs3)c2c1. The van der Waals surface area contributed by atoms with Crippen LogP contribution >= 0.6 is 23.1 Å². The van der Waals surface area contributed by atoms with Crippen LogP contribution in [0.2, 0.25) is 0 Å². The first-order valence-electron chi connectivity index (χ1n) is 6.70. The van der Waals surface area contributed by atoms with Crippen LogP contribution < -0.4 is 0 Å². The molecule has 1 N–H and O–H groups in total. The highest BCUT2D eigenvalue weighted by Gasteiger charge is 2.09. The van der Waals surface area contributed by atoms with Gasteiger partial charge in [-0.2, -0.15) is 5.10 Å². The fourth-order valence-electron chi connectivity index (χ4n) is 2.02. The van der Waals surface area contributed by atoms with E-state index in [0.717, 1.165) is 28.4 Å². The van der Waals surface area contributed by atoms with Crippen molar-refractivity contribution in [3.8, 4) is 0 Å². The Morgan fingerprint density at radius 1 is 1.35 bits per heavy atom. The molecule has 3 aromatic rings. The summed E-state index contributed by atoms with van der Waals surface area (Å²) in [6.07, 6.45) is 2.68.